The van der Waals surface area contributed by atoms with E-state index in [1.165, 1.54) is 16.5 Å². The Morgan fingerprint density at radius 3 is 2.50 bits per heavy atom. The summed E-state index contributed by atoms with van der Waals surface area (Å²) in [5.41, 5.74) is -0.260. The molecule has 0 unspecified atom stereocenters. The Bertz CT molecular complexity index is 990. The Balaban J connectivity index is 1.69. The molecule has 0 spiro atoms. The van der Waals surface area contributed by atoms with Gasteiger partial charge in [-0.2, -0.15) is 13.2 Å². The van der Waals surface area contributed by atoms with Gasteiger partial charge in [0.15, 0.2) is 5.65 Å². The van der Waals surface area contributed by atoms with Crippen LogP contribution in [0.5, 0.6) is 0 Å². The number of nitrogens with one attached hydrogen (secondary N) is 1. The third-order valence-corrected chi connectivity index (χ3v) is 3.90. The summed E-state index contributed by atoms with van der Waals surface area (Å²) in [6.07, 6.45) is -2.86. The molecule has 3 aromatic rings. The van der Waals surface area contributed by atoms with E-state index in [9.17, 15) is 22.8 Å². The predicted molar refractivity (Wildman–Crippen MR) is 87.5 cm³/mol. The van der Waals surface area contributed by atoms with E-state index in [1.807, 2.05) is 0 Å². The molecule has 0 bridgehead atoms. The van der Waals surface area contributed by atoms with E-state index in [2.05, 4.69) is 10.4 Å². The van der Waals surface area contributed by atoms with Gasteiger partial charge in [-0.3, -0.25) is 9.20 Å². The molecule has 0 fully saturated rings. The number of alkyl halides is 3. The van der Waals surface area contributed by atoms with Crippen molar-refractivity contribution >= 4 is 11.6 Å². The molecule has 1 atom stereocenters. The van der Waals surface area contributed by atoms with Crippen LogP contribution in [0.15, 0.2) is 53.5 Å². The molecule has 6 nitrogen and oxygen atoms in total. The van der Waals surface area contributed by atoms with Gasteiger partial charge in [0.25, 0.3) is 0 Å². The second-order valence-corrected chi connectivity index (χ2v) is 5.78. The fourth-order valence-corrected chi connectivity index (χ4v) is 2.54. The molecule has 2 aromatic heterocycles. The topological polar surface area (TPSA) is 68.4 Å². The van der Waals surface area contributed by atoms with Gasteiger partial charge in [-0.1, -0.05) is 18.2 Å². The van der Waals surface area contributed by atoms with Crippen molar-refractivity contribution in [3.8, 4) is 0 Å². The van der Waals surface area contributed by atoms with Crippen LogP contribution in [0.25, 0.3) is 5.65 Å². The lowest BCUT2D eigenvalue weighted by Gasteiger charge is -2.15. The number of hydrogen-bond donors (Lipinski definition) is 1. The number of fused-ring (bicyclic) bond motifs is 1. The van der Waals surface area contributed by atoms with E-state index in [0.29, 0.717) is 11.2 Å². The largest absolute Gasteiger partial charge is 0.416 e. The van der Waals surface area contributed by atoms with Gasteiger partial charge in [-0.25, -0.2) is 9.48 Å². The number of pyridine rings is 1. The minimum Gasteiger partial charge on any atom is -0.348 e. The van der Waals surface area contributed by atoms with Gasteiger partial charge >= 0.3 is 11.9 Å². The van der Waals surface area contributed by atoms with Gasteiger partial charge in [0.05, 0.1) is 11.6 Å². The van der Waals surface area contributed by atoms with Crippen molar-refractivity contribution in [3.05, 3.63) is 70.3 Å². The Kier molecular flexibility index (Phi) is 4.54. The zero-order chi connectivity index (χ0) is 18.9. The Morgan fingerprint density at radius 2 is 1.88 bits per heavy atom. The average molecular weight is 364 g/mol. The van der Waals surface area contributed by atoms with Crippen molar-refractivity contribution in [2.45, 2.75) is 25.7 Å². The zero-order valence-electron chi connectivity index (χ0n) is 13.7. The van der Waals surface area contributed by atoms with Crippen molar-refractivity contribution in [1.29, 1.82) is 0 Å². The van der Waals surface area contributed by atoms with Crippen LogP contribution in [0.1, 0.15) is 24.1 Å². The molecule has 0 radical (unpaired) electrons. The highest BCUT2D eigenvalue weighted by atomic mass is 19.4. The molecule has 0 saturated heterocycles. The van der Waals surface area contributed by atoms with Crippen LogP contribution in [-0.4, -0.2) is 20.1 Å². The second kappa shape index (κ2) is 6.66. The van der Waals surface area contributed by atoms with Crippen LogP contribution in [0.2, 0.25) is 0 Å². The van der Waals surface area contributed by atoms with Crippen LogP contribution >= 0.6 is 0 Å². The maximum Gasteiger partial charge on any atom is 0.416 e. The summed E-state index contributed by atoms with van der Waals surface area (Å²) >= 11 is 0. The first kappa shape index (κ1) is 17.7. The lowest BCUT2D eigenvalue weighted by Crippen LogP contribution is -2.34. The number of benzene rings is 1. The van der Waals surface area contributed by atoms with Crippen LogP contribution < -0.4 is 11.0 Å². The summed E-state index contributed by atoms with van der Waals surface area (Å²) in [5, 5.41) is 6.70. The number of hydrogen-bond acceptors (Lipinski definition) is 3. The Hall–Kier alpha value is -3.10. The maximum atomic E-state index is 12.6. The molecule has 3 rings (SSSR count). The van der Waals surface area contributed by atoms with Crippen LogP contribution in [0, 0.1) is 0 Å². The summed E-state index contributed by atoms with van der Waals surface area (Å²) in [7, 11) is 0. The lowest BCUT2D eigenvalue weighted by molar-refractivity contribution is -0.137. The smallest absolute Gasteiger partial charge is 0.348 e. The van der Waals surface area contributed by atoms with E-state index in [1.54, 1.807) is 31.3 Å². The molecule has 1 N–H and O–H groups in total. The molecule has 0 aliphatic carbocycles. The maximum absolute atomic E-state index is 12.6. The normalized spacial score (nSPS) is 12.9. The van der Waals surface area contributed by atoms with Gasteiger partial charge in [0.1, 0.15) is 6.54 Å². The summed E-state index contributed by atoms with van der Waals surface area (Å²) in [4.78, 5) is 24.3. The fraction of sp³-hybridized carbons (Fsp3) is 0.235. The minimum absolute atomic E-state index is 0.286. The van der Waals surface area contributed by atoms with Crippen molar-refractivity contribution in [2.24, 2.45) is 0 Å². The standard InChI is InChI=1S/C17H15F3N4O2/c1-11(12-5-7-13(8-6-12)17(18,19)20)21-15(25)10-24-16(26)23-9-3-2-4-14(23)22-24/h2-9,11H,10H2,1H3,(H,21,25)/t11-/m0/s1. The molecule has 0 aliphatic heterocycles. The monoisotopic (exact) mass is 364 g/mol. The van der Waals surface area contributed by atoms with Crippen molar-refractivity contribution in [3.63, 3.8) is 0 Å². The Morgan fingerprint density at radius 1 is 1.19 bits per heavy atom. The van der Waals surface area contributed by atoms with E-state index < -0.39 is 29.4 Å². The van der Waals surface area contributed by atoms with Gasteiger partial charge in [0, 0.05) is 6.20 Å². The minimum atomic E-state index is -4.41. The molecule has 0 aliphatic rings. The van der Waals surface area contributed by atoms with Crippen LogP contribution in [0.4, 0.5) is 13.2 Å². The lowest BCUT2D eigenvalue weighted by atomic mass is 10.1. The molecule has 136 valence electrons. The molecule has 9 heteroatoms. The highest BCUT2D eigenvalue weighted by molar-refractivity contribution is 5.76. The molecule has 1 aromatic carbocycles. The summed E-state index contributed by atoms with van der Waals surface area (Å²) in [6.45, 7) is 1.36. The fourth-order valence-electron chi connectivity index (χ4n) is 2.54. The Labute approximate surface area is 145 Å². The predicted octanol–water partition coefficient (Wildman–Crippen LogP) is 2.39. The van der Waals surface area contributed by atoms with Crippen LogP contribution in [0.3, 0.4) is 0 Å². The first-order valence-corrected chi connectivity index (χ1v) is 7.76. The zero-order valence-corrected chi connectivity index (χ0v) is 13.7. The second-order valence-electron chi connectivity index (χ2n) is 5.78. The van der Waals surface area contributed by atoms with Gasteiger partial charge in [-0.15, -0.1) is 5.10 Å². The molecule has 0 saturated carbocycles. The number of carbonyl (C=O) groups excluding carboxylic acids is 1. The number of rotatable bonds is 4. The van der Waals surface area contributed by atoms with E-state index >= 15 is 0 Å². The number of carbonyl (C=O) groups is 1. The molecular formula is C17H15F3N4O2. The summed E-state index contributed by atoms with van der Waals surface area (Å²) in [5.74, 6) is -0.470. The number of aromatic nitrogens is 3. The quantitative estimate of drug-likeness (QED) is 0.773. The van der Waals surface area contributed by atoms with Crippen molar-refractivity contribution in [1.82, 2.24) is 19.5 Å². The van der Waals surface area contributed by atoms with Gasteiger partial charge < -0.3 is 5.32 Å². The van der Waals surface area contributed by atoms with E-state index in [4.69, 9.17) is 0 Å². The number of amides is 1. The third kappa shape index (κ3) is 3.61. The van der Waals surface area contributed by atoms with E-state index in [0.717, 1.165) is 16.8 Å². The number of halogens is 3. The summed E-state index contributed by atoms with van der Waals surface area (Å²) in [6, 6.07) is 9.06. The molecule has 1 amide bonds. The number of nitrogens with zero attached hydrogens (tertiary/aromatic N) is 3. The van der Waals surface area contributed by atoms with Gasteiger partial charge in [-0.05, 0) is 36.8 Å². The third-order valence-electron chi connectivity index (χ3n) is 3.90. The van der Waals surface area contributed by atoms with Crippen LogP contribution in [-0.2, 0) is 17.5 Å². The first-order valence-electron chi connectivity index (χ1n) is 7.76. The summed E-state index contributed by atoms with van der Waals surface area (Å²) < 4.78 is 40.1. The molecule has 26 heavy (non-hydrogen) atoms. The highest BCUT2D eigenvalue weighted by Gasteiger charge is 2.30. The molecule has 2 heterocycles. The highest BCUT2D eigenvalue weighted by Crippen LogP contribution is 2.29. The van der Waals surface area contributed by atoms with Crippen molar-refractivity contribution in [2.75, 3.05) is 0 Å². The SMILES string of the molecule is C[C@H](NC(=O)Cn1nc2ccccn2c1=O)c1ccc(C(F)(F)F)cc1. The molecular weight excluding hydrogens is 349 g/mol. The first-order chi connectivity index (χ1) is 12.3. The van der Waals surface area contributed by atoms with Crippen molar-refractivity contribution < 1.29 is 18.0 Å². The van der Waals surface area contributed by atoms with Gasteiger partial charge in [0.2, 0.25) is 5.91 Å². The van der Waals surface area contributed by atoms with E-state index in [-0.39, 0.29) is 6.54 Å². The average Bonchev–Trinajstić information content (AvgIpc) is 2.90.